The number of nitrogens with two attached hydrogens (primary N) is 1. The van der Waals surface area contributed by atoms with Crippen molar-refractivity contribution in [2.24, 2.45) is 11.7 Å². The summed E-state index contributed by atoms with van der Waals surface area (Å²) in [5, 5.41) is 1.08. The van der Waals surface area contributed by atoms with Crippen molar-refractivity contribution in [3.63, 3.8) is 0 Å². The Morgan fingerprint density at radius 1 is 1.29 bits per heavy atom. The molecule has 1 fully saturated rings. The second kappa shape index (κ2) is 7.95. The van der Waals surface area contributed by atoms with E-state index < -0.39 is 0 Å². The van der Waals surface area contributed by atoms with E-state index in [1.54, 1.807) is 17.7 Å². The van der Waals surface area contributed by atoms with Crippen LogP contribution in [0.1, 0.15) is 61.8 Å². The molecule has 4 rings (SSSR count). The molecule has 2 aromatic heterocycles. The van der Waals surface area contributed by atoms with Gasteiger partial charge in [-0.1, -0.05) is 6.92 Å². The zero-order valence-corrected chi connectivity index (χ0v) is 17.8. The van der Waals surface area contributed by atoms with Gasteiger partial charge in [-0.05, 0) is 70.5 Å². The number of carbonyl (C=O) groups excluding carboxylic acids is 1. The van der Waals surface area contributed by atoms with Gasteiger partial charge in [-0.2, -0.15) is 0 Å². The molecule has 152 valence electrons. The van der Waals surface area contributed by atoms with E-state index in [1.165, 1.54) is 10.4 Å². The number of thiophene rings is 1. The second-order valence-electron chi connectivity index (χ2n) is 8.58. The fourth-order valence-electron chi connectivity index (χ4n) is 4.75. The Morgan fingerprint density at radius 2 is 2.04 bits per heavy atom. The summed E-state index contributed by atoms with van der Waals surface area (Å²) in [6.07, 6.45) is 9.17. The van der Waals surface area contributed by atoms with Gasteiger partial charge in [-0.3, -0.25) is 4.79 Å². The summed E-state index contributed by atoms with van der Waals surface area (Å²) >= 11 is 1.75. The van der Waals surface area contributed by atoms with Gasteiger partial charge in [0.15, 0.2) is 0 Å². The third kappa shape index (κ3) is 3.74. The van der Waals surface area contributed by atoms with Crippen LogP contribution in [0.3, 0.4) is 0 Å². The number of carbonyl (C=O) groups is 1. The topological polar surface area (TPSA) is 81.3 Å². The van der Waals surface area contributed by atoms with Crippen molar-refractivity contribution < 1.29 is 9.53 Å². The molecule has 0 aliphatic heterocycles. The summed E-state index contributed by atoms with van der Waals surface area (Å²) in [5.74, 6) is 0.720. The first kappa shape index (κ1) is 19.6. The molecule has 0 aromatic carbocycles. The molecule has 6 nitrogen and oxygen atoms in total. The first-order valence-corrected chi connectivity index (χ1v) is 11.1. The highest BCUT2D eigenvalue weighted by molar-refractivity contribution is 7.19. The van der Waals surface area contributed by atoms with Crippen molar-refractivity contribution in [1.82, 2.24) is 14.9 Å². The lowest BCUT2D eigenvalue weighted by Gasteiger charge is -2.32. The number of hydrogen-bond acceptors (Lipinski definition) is 6. The van der Waals surface area contributed by atoms with Gasteiger partial charge >= 0.3 is 0 Å². The van der Waals surface area contributed by atoms with Crippen molar-refractivity contribution >= 4 is 27.5 Å². The first-order valence-electron chi connectivity index (χ1n) is 10.3. The fraction of sp³-hybridized carbons (Fsp3) is 0.667. The summed E-state index contributed by atoms with van der Waals surface area (Å²) in [4.78, 5) is 25.3. The van der Waals surface area contributed by atoms with Crippen LogP contribution in [0.25, 0.3) is 10.2 Å². The van der Waals surface area contributed by atoms with Crippen LogP contribution in [0.4, 0.5) is 0 Å². The van der Waals surface area contributed by atoms with Gasteiger partial charge in [0, 0.05) is 16.8 Å². The SMILES string of the molecule is C[C@@H](C[C@H]1CCc2sc3ncnc(OC4CCC(N(C)C)CC4)c3c21)C(N)=O. The monoisotopic (exact) mass is 402 g/mol. The van der Waals surface area contributed by atoms with E-state index in [0.717, 1.165) is 61.0 Å². The Hall–Kier alpha value is -1.73. The van der Waals surface area contributed by atoms with Gasteiger partial charge in [0.25, 0.3) is 0 Å². The van der Waals surface area contributed by atoms with Crippen LogP contribution in [-0.2, 0) is 11.2 Å². The van der Waals surface area contributed by atoms with Crippen molar-refractivity contribution in [3.8, 4) is 5.88 Å². The Bertz CT molecular complexity index is 857. The summed E-state index contributed by atoms with van der Waals surface area (Å²) < 4.78 is 6.43. The van der Waals surface area contributed by atoms with E-state index in [4.69, 9.17) is 10.5 Å². The molecule has 0 bridgehead atoms. The van der Waals surface area contributed by atoms with Gasteiger partial charge in [0.05, 0.1) is 5.39 Å². The number of ether oxygens (including phenoxy) is 1. The average molecular weight is 403 g/mol. The maximum absolute atomic E-state index is 11.6. The molecule has 0 spiro atoms. The first-order chi connectivity index (χ1) is 13.4. The zero-order valence-electron chi connectivity index (χ0n) is 17.0. The van der Waals surface area contributed by atoms with Crippen molar-refractivity contribution in [3.05, 3.63) is 16.8 Å². The molecule has 0 unspecified atom stereocenters. The highest BCUT2D eigenvalue weighted by Crippen LogP contribution is 2.48. The molecule has 2 aromatic rings. The molecule has 0 radical (unpaired) electrons. The van der Waals surface area contributed by atoms with E-state index in [1.807, 2.05) is 6.92 Å². The fourth-order valence-corrected chi connectivity index (χ4v) is 5.98. The maximum Gasteiger partial charge on any atom is 0.225 e. The van der Waals surface area contributed by atoms with Gasteiger partial charge in [-0.25, -0.2) is 9.97 Å². The zero-order chi connectivity index (χ0) is 19.8. The number of fused-ring (bicyclic) bond motifs is 3. The normalized spacial score (nSPS) is 25.8. The number of nitrogens with zero attached hydrogens (tertiary/aromatic N) is 3. The minimum absolute atomic E-state index is 0.124. The third-order valence-corrected chi connectivity index (χ3v) is 7.64. The van der Waals surface area contributed by atoms with E-state index in [9.17, 15) is 4.79 Å². The number of hydrogen-bond donors (Lipinski definition) is 1. The lowest BCUT2D eigenvalue weighted by Crippen LogP contribution is -2.35. The smallest absolute Gasteiger partial charge is 0.225 e. The number of amides is 1. The standard InChI is InChI=1S/C21H30N4O2S/c1-12(19(22)26)10-13-4-9-16-17(13)18-20(23-11-24-21(18)28-16)27-15-7-5-14(6-8-15)25(2)3/h11-15H,4-10H2,1-3H3,(H2,22,26)/t12-,13+,14?,15?/m0/s1. The van der Waals surface area contributed by atoms with Gasteiger partial charge in [0.2, 0.25) is 11.8 Å². The third-order valence-electron chi connectivity index (χ3n) is 6.47. The summed E-state index contributed by atoms with van der Waals surface area (Å²) in [5.41, 5.74) is 6.83. The Labute approximate surface area is 170 Å². The molecule has 7 heteroatoms. The highest BCUT2D eigenvalue weighted by atomic mass is 32.1. The Balaban J connectivity index is 1.58. The number of aromatic nitrogens is 2. The molecule has 2 atom stereocenters. The average Bonchev–Trinajstić information content (AvgIpc) is 3.22. The van der Waals surface area contributed by atoms with Crippen molar-refractivity contribution in [2.75, 3.05) is 14.1 Å². The highest BCUT2D eigenvalue weighted by Gasteiger charge is 2.33. The van der Waals surface area contributed by atoms with Crippen LogP contribution >= 0.6 is 11.3 Å². The van der Waals surface area contributed by atoms with Gasteiger partial charge in [-0.15, -0.1) is 11.3 Å². The summed E-state index contributed by atoms with van der Waals surface area (Å²) in [6, 6.07) is 0.648. The molecular formula is C21H30N4O2S. The minimum Gasteiger partial charge on any atom is -0.474 e. The van der Waals surface area contributed by atoms with Crippen LogP contribution in [0.15, 0.2) is 6.33 Å². The molecule has 1 amide bonds. The predicted molar refractivity (Wildman–Crippen MR) is 112 cm³/mol. The lowest BCUT2D eigenvalue weighted by molar-refractivity contribution is -0.121. The molecule has 0 saturated heterocycles. The van der Waals surface area contributed by atoms with Gasteiger partial charge in [0.1, 0.15) is 17.3 Å². The number of rotatable bonds is 6. The molecule has 2 heterocycles. The molecule has 28 heavy (non-hydrogen) atoms. The quantitative estimate of drug-likeness (QED) is 0.800. The van der Waals surface area contributed by atoms with E-state index in [0.29, 0.717) is 12.0 Å². The minimum atomic E-state index is -0.224. The number of primary amides is 1. The van der Waals surface area contributed by atoms with E-state index >= 15 is 0 Å². The molecule has 2 aliphatic rings. The van der Waals surface area contributed by atoms with Crippen molar-refractivity contribution in [1.29, 1.82) is 0 Å². The summed E-state index contributed by atoms with van der Waals surface area (Å²) in [6.45, 7) is 1.92. The largest absolute Gasteiger partial charge is 0.474 e. The van der Waals surface area contributed by atoms with Crippen LogP contribution in [0, 0.1) is 5.92 Å². The predicted octanol–water partition coefficient (Wildman–Crippen LogP) is 3.48. The van der Waals surface area contributed by atoms with Crippen molar-refractivity contribution in [2.45, 2.75) is 69.9 Å². The van der Waals surface area contributed by atoms with Crippen LogP contribution in [0.5, 0.6) is 5.88 Å². The van der Waals surface area contributed by atoms with E-state index in [-0.39, 0.29) is 17.9 Å². The molecule has 2 aliphatic carbocycles. The lowest BCUT2D eigenvalue weighted by atomic mass is 9.90. The Kier molecular flexibility index (Phi) is 5.56. The van der Waals surface area contributed by atoms with Crippen LogP contribution in [0.2, 0.25) is 0 Å². The van der Waals surface area contributed by atoms with E-state index in [2.05, 4.69) is 29.0 Å². The second-order valence-corrected chi connectivity index (χ2v) is 9.67. The van der Waals surface area contributed by atoms with Crippen LogP contribution in [-0.4, -0.2) is 47.0 Å². The molecule has 1 saturated carbocycles. The molecule has 2 N–H and O–H groups in total. The maximum atomic E-state index is 11.6. The molecular weight excluding hydrogens is 372 g/mol. The van der Waals surface area contributed by atoms with Crippen LogP contribution < -0.4 is 10.5 Å². The number of aryl methyl sites for hydroxylation is 1. The van der Waals surface area contributed by atoms with Gasteiger partial charge < -0.3 is 15.4 Å². The Morgan fingerprint density at radius 3 is 2.71 bits per heavy atom. The summed E-state index contributed by atoms with van der Waals surface area (Å²) in [7, 11) is 4.31.